The van der Waals surface area contributed by atoms with E-state index in [0.29, 0.717) is 6.04 Å². The average Bonchev–Trinajstić information content (AvgIpc) is 1.97. The van der Waals surface area contributed by atoms with Gasteiger partial charge < -0.3 is 10.1 Å². The SMILES string of the molecule is CNC(C)CC(C)SC1COC1. The van der Waals surface area contributed by atoms with Gasteiger partial charge in [0.05, 0.1) is 18.5 Å². The lowest BCUT2D eigenvalue weighted by Gasteiger charge is -2.28. The van der Waals surface area contributed by atoms with Crippen molar-refractivity contribution in [2.75, 3.05) is 20.3 Å². The summed E-state index contributed by atoms with van der Waals surface area (Å²) in [4.78, 5) is 0. The Morgan fingerprint density at radius 1 is 1.50 bits per heavy atom. The summed E-state index contributed by atoms with van der Waals surface area (Å²) >= 11 is 2.07. The van der Waals surface area contributed by atoms with Crippen LogP contribution < -0.4 is 5.32 Å². The fraction of sp³-hybridized carbons (Fsp3) is 1.00. The lowest BCUT2D eigenvalue weighted by molar-refractivity contribution is 0.0453. The first-order valence-electron chi connectivity index (χ1n) is 4.63. The average molecular weight is 189 g/mol. The maximum absolute atomic E-state index is 5.13. The highest BCUT2D eigenvalue weighted by Crippen LogP contribution is 2.26. The minimum absolute atomic E-state index is 0.633. The van der Waals surface area contributed by atoms with Crippen LogP contribution in [0.25, 0.3) is 0 Å². The van der Waals surface area contributed by atoms with Crippen molar-refractivity contribution in [3.05, 3.63) is 0 Å². The zero-order valence-electron chi connectivity index (χ0n) is 8.17. The van der Waals surface area contributed by atoms with Gasteiger partial charge in [0.25, 0.3) is 0 Å². The van der Waals surface area contributed by atoms with Gasteiger partial charge in [0.15, 0.2) is 0 Å². The quantitative estimate of drug-likeness (QED) is 0.708. The van der Waals surface area contributed by atoms with Crippen LogP contribution in [0, 0.1) is 0 Å². The largest absolute Gasteiger partial charge is 0.379 e. The van der Waals surface area contributed by atoms with Crippen LogP contribution in [0.1, 0.15) is 20.3 Å². The second kappa shape index (κ2) is 5.10. The predicted molar refractivity (Wildman–Crippen MR) is 54.8 cm³/mol. The summed E-state index contributed by atoms with van der Waals surface area (Å²) in [6, 6.07) is 0.633. The smallest absolute Gasteiger partial charge is 0.0608 e. The molecule has 1 rings (SSSR count). The van der Waals surface area contributed by atoms with Gasteiger partial charge in [0.1, 0.15) is 0 Å². The molecule has 0 radical (unpaired) electrons. The molecule has 12 heavy (non-hydrogen) atoms. The maximum atomic E-state index is 5.13. The molecule has 0 aromatic carbocycles. The Hall–Kier alpha value is 0.270. The first-order valence-corrected chi connectivity index (χ1v) is 5.57. The molecule has 0 spiro atoms. The highest BCUT2D eigenvalue weighted by molar-refractivity contribution is 8.00. The van der Waals surface area contributed by atoms with Crippen LogP contribution in [0.2, 0.25) is 0 Å². The number of nitrogens with one attached hydrogen (secondary N) is 1. The molecule has 0 bridgehead atoms. The van der Waals surface area contributed by atoms with Crippen LogP contribution in [-0.2, 0) is 4.74 Å². The van der Waals surface area contributed by atoms with E-state index in [1.165, 1.54) is 6.42 Å². The molecule has 0 amide bonds. The second-order valence-corrected chi connectivity index (χ2v) is 5.28. The molecule has 1 saturated heterocycles. The van der Waals surface area contributed by atoms with Gasteiger partial charge >= 0.3 is 0 Å². The van der Waals surface area contributed by atoms with Crippen molar-refractivity contribution in [3.63, 3.8) is 0 Å². The topological polar surface area (TPSA) is 21.3 Å². The van der Waals surface area contributed by atoms with Crippen molar-refractivity contribution in [1.82, 2.24) is 5.32 Å². The molecule has 2 nitrogen and oxygen atoms in total. The Kier molecular flexibility index (Phi) is 4.40. The predicted octanol–water partition coefficient (Wildman–Crippen LogP) is 1.50. The van der Waals surface area contributed by atoms with Gasteiger partial charge in [-0.25, -0.2) is 0 Å². The summed E-state index contributed by atoms with van der Waals surface area (Å²) in [5, 5.41) is 4.78. The molecule has 1 aliphatic heterocycles. The highest BCUT2D eigenvalue weighted by Gasteiger charge is 2.21. The molecule has 72 valence electrons. The Balaban J connectivity index is 2.05. The fourth-order valence-corrected chi connectivity index (χ4v) is 2.70. The third kappa shape index (κ3) is 3.33. The van der Waals surface area contributed by atoms with E-state index in [-0.39, 0.29) is 0 Å². The number of thioether (sulfide) groups is 1. The summed E-state index contributed by atoms with van der Waals surface area (Å²) in [7, 11) is 2.02. The first kappa shape index (κ1) is 10.4. The van der Waals surface area contributed by atoms with Gasteiger partial charge in [-0.3, -0.25) is 0 Å². The molecule has 2 unspecified atom stereocenters. The summed E-state index contributed by atoms with van der Waals surface area (Å²) in [5.41, 5.74) is 0. The van der Waals surface area contributed by atoms with E-state index in [9.17, 15) is 0 Å². The lowest BCUT2D eigenvalue weighted by Crippen LogP contribution is -2.33. The van der Waals surface area contributed by atoms with E-state index in [1.54, 1.807) is 0 Å². The standard InChI is InChI=1S/C9H19NOS/c1-7(10-3)4-8(2)12-9-5-11-6-9/h7-10H,4-6H2,1-3H3. The van der Waals surface area contributed by atoms with E-state index >= 15 is 0 Å². The molecular weight excluding hydrogens is 170 g/mol. The Bertz CT molecular complexity index is 121. The number of rotatable bonds is 5. The zero-order valence-corrected chi connectivity index (χ0v) is 8.99. The van der Waals surface area contributed by atoms with Crippen LogP contribution in [-0.4, -0.2) is 36.8 Å². The third-order valence-corrected chi connectivity index (χ3v) is 3.52. The van der Waals surface area contributed by atoms with Gasteiger partial charge in [-0.15, -0.1) is 0 Å². The van der Waals surface area contributed by atoms with Crippen LogP contribution >= 0.6 is 11.8 Å². The van der Waals surface area contributed by atoms with E-state index < -0.39 is 0 Å². The van der Waals surface area contributed by atoms with Crippen LogP contribution in [0.15, 0.2) is 0 Å². The van der Waals surface area contributed by atoms with E-state index in [1.807, 2.05) is 7.05 Å². The normalized spacial score (nSPS) is 23.2. The summed E-state index contributed by atoms with van der Waals surface area (Å²) in [6.07, 6.45) is 1.25. The van der Waals surface area contributed by atoms with Gasteiger partial charge in [0.2, 0.25) is 0 Å². The maximum Gasteiger partial charge on any atom is 0.0608 e. The molecule has 1 heterocycles. The molecule has 0 saturated carbocycles. The summed E-state index contributed by atoms with van der Waals surface area (Å²) < 4.78 is 5.13. The minimum atomic E-state index is 0.633. The summed E-state index contributed by atoms with van der Waals surface area (Å²) in [5.74, 6) is 0. The van der Waals surface area contributed by atoms with Crippen LogP contribution in [0.3, 0.4) is 0 Å². The first-order chi connectivity index (χ1) is 5.72. The molecule has 2 atom stereocenters. The van der Waals surface area contributed by atoms with Gasteiger partial charge in [0, 0.05) is 11.3 Å². The molecule has 1 N–H and O–H groups in total. The number of hydrogen-bond acceptors (Lipinski definition) is 3. The molecule has 0 aliphatic carbocycles. The van der Waals surface area contributed by atoms with Crippen molar-refractivity contribution in [2.45, 2.75) is 36.8 Å². The fourth-order valence-electron chi connectivity index (χ4n) is 1.29. The molecule has 1 fully saturated rings. The number of ether oxygens (including phenoxy) is 1. The molecule has 1 aliphatic rings. The van der Waals surface area contributed by atoms with Crippen LogP contribution in [0.4, 0.5) is 0 Å². The van der Waals surface area contributed by atoms with E-state index in [4.69, 9.17) is 4.74 Å². The lowest BCUT2D eigenvalue weighted by atomic mass is 10.2. The van der Waals surface area contributed by atoms with Crippen molar-refractivity contribution >= 4 is 11.8 Å². The minimum Gasteiger partial charge on any atom is -0.379 e. The van der Waals surface area contributed by atoms with Gasteiger partial charge in [-0.2, -0.15) is 11.8 Å². The van der Waals surface area contributed by atoms with Crippen LogP contribution in [0.5, 0.6) is 0 Å². The molecule has 3 heteroatoms. The van der Waals surface area contributed by atoms with Crippen molar-refractivity contribution in [1.29, 1.82) is 0 Å². The van der Waals surface area contributed by atoms with Gasteiger partial charge in [-0.1, -0.05) is 6.92 Å². The highest BCUT2D eigenvalue weighted by atomic mass is 32.2. The molecule has 0 aromatic rings. The molecule has 0 aromatic heterocycles. The van der Waals surface area contributed by atoms with Crippen molar-refractivity contribution < 1.29 is 4.74 Å². The van der Waals surface area contributed by atoms with E-state index in [0.717, 1.165) is 23.7 Å². The zero-order chi connectivity index (χ0) is 8.97. The van der Waals surface area contributed by atoms with Gasteiger partial charge in [-0.05, 0) is 20.4 Å². The van der Waals surface area contributed by atoms with Crippen molar-refractivity contribution in [2.24, 2.45) is 0 Å². The monoisotopic (exact) mass is 189 g/mol. The second-order valence-electron chi connectivity index (χ2n) is 3.53. The number of hydrogen-bond donors (Lipinski definition) is 1. The summed E-state index contributed by atoms with van der Waals surface area (Å²) in [6.45, 7) is 6.46. The Labute approximate surface area is 79.4 Å². The van der Waals surface area contributed by atoms with Crippen molar-refractivity contribution in [3.8, 4) is 0 Å². The molecular formula is C9H19NOS. The Morgan fingerprint density at radius 3 is 2.58 bits per heavy atom. The Morgan fingerprint density at radius 2 is 2.17 bits per heavy atom. The van der Waals surface area contributed by atoms with E-state index in [2.05, 4.69) is 30.9 Å². The third-order valence-electron chi connectivity index (χ3n) is 2.21.